The van der Waals surface area contributed by atoms with Crippen LogP contribution in [0.15, 0.2) is 34.5 Å². The molecule has 130 valence electrons. The molecule has 0 unspecified atom stereocenters. The predicted octanol–water partition coefficient (Wildman–Crippen LogP) is 2.89. The van der Waals surface area contributed by atoms with Gasteiger partial charge in [-0.2, -0.15) is 0 Å². The topological polar surface area (TPSA) is 84.5 Å². The number of carbonyl (C=O) groups excluding carboxylic acids is 1. The molecule has 24 heavy (non-hydrogen) atoms. The van der Waals surface area contributed by atoms with E-state index in [1.165, 1.54) is 30.6 Å². The third-order valence-corrected chi connectivity index (χ3v) is 6.47. The zero-order chi connectivity index (χ0) is 17.7. The minimum absolute atomic E-state index is 0.187. The molecular formula is C15H17ClN2O4S2. The third kappa shape index (κ3) is 4.70. The van der Waals surface area contributed by atoms with Gasteiger partial charge in [-0.3, -0.25) is 4.79 Å². The van der Waals surface area contributed by atoms with Gasteiger partial charge in [0.2, 0.25) is 5.91 Å². The van der Waals surface area contributed by atoms with Crippen molar-refractivity contribution in [2.24, 2.45) is 0 Å². The normalized spacial score (nSPS) is 11.3. The highest BCUT2D eigenvalue weighted by atomic mass is 35.5. The summed E-state index contributed by atoms with van der Waals surface area (Å²) in [5.74, 6) is -0.0899. The zero-order valence-electron chi connectivity index (χ0n) is 13.1. The molecule has 2 aromatic rings. The first-order valence-electron chi connectivity index (χ1n) is 7.07. The molecule has 1 aromatic carbocycles. The van der Waals surface area contributed by atoms with Crippen LogP contribution in [0.2, 0.25) is 5.02 Å². The number of nitrogens with one attached hydrogen (secondary N) is 2. The van der Waals surface area contributed by atoms with Crippen LogP contribution in [0, 0.1) is 0 Å². The van der Waals surface area contributed by atoms with Gasteiger partial charge in [0, 0.05) is 9.90 Å². The van der Waals surface area contributed by atoms with Crippen LogP contribution in [-0.4, -0.2) is 28.0 Å². The number of ether oxygens (including phenoxy) is 1. The second-order valence-corrected chi connectivity index (χ2v) is 8.39. The van der Waals surface area contributed by atoms with Crippen molar-refractivity contribution in [3.63, 3.8) is 0 Å². The summed E-state index contributed by atoms with van der Waals surface area (Å²) >= 11 is 7.07. The van der Waals surface area contributed by atoms with E-state index in [-0.39, 0.29) is 4.21 Å². The maximum Gasteiger partial charge on any atom is 0.250 e. The molecule has 0 saturated heterocycles. The number of carbonyl (C=O) groups is 1. The number of hydrogen-bond donors (Lipinski definition) is 2. The molecule has 0 aliphatic rings. The van der Waals surface area contributed by atoms with E-state index in [0.29, 0.717) is 16.5 Å². The molecule has 1 heterocycles. The van der Waals surface area contributed by atoms with Crippen LogP contribution in [0.25, 0.3) is 0 Å². The molecule has 9 heteroatoms. The lowest BCUT2D eigenvalue weighted by Gasteiger charge is -2.11. The minimum Gasteiger partial charge on any atom is -0.495 e. The Bertz CT molecular complexity index is 834. The van der Waals surface area contributed by atoms with Gasteiger partial charge in [0.1, 0.15) is 9.96 Å². The largest absolute Gasteiger partial charge is 0.495 e. The SMILES string of the molecule is CCc1ccc(S(=O)(=O)NCC(=O)Nc2cc(Cl)ccc2OC)s1. The fourth-order valence-electron chi connectivity index (χ4n) is 1.90. The van der Waals surface area contributed by atoms with Gasteiger partial charge >= 0.3 is 0 Å². The van der Waals surface area contributed by atoms with Crippen LogP contribution in [0.1, 0.15) is 11.8 Å². The first kappa shape index (κ1) is 18.7. The second kappa shape index (κ2) is 7.98. The van der Waals surface area contributed by atoms with Crippen LogP contribution in [0.5, 0.6) is 5.75 Å². The van der Waals surface area contributed by atoms with Crippen LogP contribution >= 0.6 is 22.9 Å². The van der Waals surface area contributed by atoms with Gasteiger partial charge < -0.3 is 10.1 Å². The lowest BCUT2D eigenvalue weighted by molar-refractivity contribution is -0.115. The fourth-order valence-corrected chi connectivity index (χ4v) is 4.39. The van der Waals surface area contributed by atoms with Gasteiger partial charge in [0.25, 0.3) is 10.0 Å². The molecule has 0 spiro atoms. The molecule has 0 aliphatic carbocycles. The summed E-state index contributed by atoms with van der Waals surface area (Å²) in [4.78, 5) is 13.0. The average Bonchev–Trinajstić information content (AvgIpc) is 3.03. The number of amides is 1. The molecular weight excluding hydrogens is 372 g/mol. The number of thiophene rings is 1. The summed E-state index contributed by atoms with van der Waals surface area (Å²) < 4.78 is 31.9. The predicted molar refractivity (Wildman–Crippen MR) is 95.5 cm³/mol. The van der Waals surface area contributed by atoms with Crippen LogP contribution < -0.4 is 14.8 Å². The Labute approximate surface area is 149 Å². The van der Waals surface area contributed by atoms with Crippen molar-refractivity contribution in [1.29, 1.82) is 0 Å². The number of anilines is 1. The highest BCUT2D eigenvalue weighted by Crippen LogP contribution is 2.27. The number of aryl methyl sites for hydroxylation is 1. The Morgan fingerprint density at radius 2 is 2.04 bits per heavy atom. The molecule has 1 amide bonds. The van der Waals surface area contributed by atoms with Gasteiger partial charge in [-0.15, -0.1) is 11.3 Å². The van der Waals surface area contributed by atoms with Crippen LogP contribution in [0.4, 0.5) is 5.69 Å². The number of sulfonamides is 1. The minimum atomic E-state index is -3.71. The number of benzene rings is 1. The van der Waals surface area contributed by atoms with Crippen molar-refractivity contribution >= 4 is 44.6 Å². The summed E-state index contributed by atoms with van der Waals surface area (Å²) in [5.41, 5.74) is 0.374. The van der Waals surface area contributed by atoms with Gasteiger partial charge in [0.05, 0.1) is 19.3 Å². The Kier molecular flexibility index (Phi) is 6.22. The lowest BCUT2D eigenvalue weighted by Crippen LogP contribution is -2.32. The smallest absolute Gasteiger partial charge is 0.250 e. The molecule has 0 atom stereocenters. The van der Waals surface area contributed by atoms with E-state index in [9.17, 15) is 13.2 Å². The van der Waals surface area contributed by atoms with Gasteiger partial charge in [-0.05, 0) is 36.8 Å². The average molecular weight is 389 g/mol. The molecule has 0 aliphatic heterocycles. The number of halogens is 1. The van der Waals surface area contributed by atoms with Crippen molar-refractivity contribution < 1.29 is 17.9 Å². The maximum absolute atomic E-state index is 12.2. The van der Waals surface area contributed by atoms with E-state index >= 15 is 0 Å². The number of methoxy groups -OCH3 is 1. The summed E-state index contributed by atoms with van der Waals surface area (Å²) in [6.45, 7) is 1.55. The van der Waals surface area contributed by atoms with Crippen molar-refractivity contribution in [2.45, 2.75) is 17.6 Å². The van der Waals surface area contributed by atoms with Gasteiger partial charge in [0.15, 0.2) is 0 Å². The van der Waals surface area contributed by atoms with Crippen molar-refractivity contribution in [1.82, 2.24) is 4.72 Å². The van der Waals surface area contributed by atoms with E-state index < -0.39 is 22.5 Å². The molecule has 0 fully saturated rings. The van der Waals surface area contributed by atoms with E-state index in [2.05, 4.69) is 10.0 Å². The summed E-state index contributed by atoms with van der Waals surface area (Å²) in [7, 11) is -2.25. The first-order valence-corrected chi connectivity index (χ1v) is 9.75. The molecule has 6 nitrogen and oxygen atoms in total. The monoisotopic (exact) mass is 388 g/mol. The van der Waals surface area contributed by atoms with Crippen molar-refractivity contribution in [2.75, 3.05) is 19.0 Å². The molecule has 2 rings (SSSR count). The highest BCUT2D eigenvalue weighted by Gasteiger charge is 2.18. The number of hydrogen-bond acceptors (Lipinski definition) is 5. The fraction of sp³-hybridized carbons (Fsp3) is 0.267. The third-order valence-electron chi connectivity index (χ3n) is 3.11. The maximum atomic E-state index is 12.2. The number of rotatable bonds is 7. The summed E-state index contributed by atoms with van der Waals surface area (Å²) in [6.07, 6.45) is 0.759. The van der Waals surface area contributed by atoms with Crippen LogP contribution in [-0.2, 0) is 21.2 Å². The molecule has 0 radical (unpaired) electrons. The van der Waals surface area contributed by atoms with E-state index in [1.54, 1.807) is 18.2 Å². The molecule has 1 aromatic heterocycles. The molecule has 0 saturated carbocycles. The highest BCUT2D eigenvalue weighted by molar-refractivity contribution is 7.91. The second-order valence-electron chi connectivity index (χ2n) is 4.79. The Balaban J connectivity index is 2.01. The zero-order valence-corrected chi connectivity index (χ0v) is 15.5. The van der Waals surface area contributed by atoms with Crippen molar-refractivity contribution in [3.05, 3.63) is 40.2 Å². The van der Waals surface area contributed by atoms with Crippen LogP contribution in [0.3, 0.4) is 0 Å². The summed E-state index contributed by atoms with van der Waals surface area (Å²) in [5, 5.41) is 3.00. The van der Waals surface area contributed by atoms with Gasteiger partial charge in [-0.1, -0.05) is 18.5 Å². The Morgan fingerprint density at radius 3 is 2.67 bits per heavy atom. The Hall–Kier alpha value is -1.61. The van der Waals surface area contributed by atoms with Gasteiger partial charge in [-0.25, -0.2) is 13.1 Å². The van der Waals surface area contributed by atoms with E-state index in [4.69, 9.17) is 16.3 Å². The van der Waals surface area contributed by atoms with E-state index in [0.717, 1.165) is 11.3 Å². The first-order chi connectivity index (χ1) is 11.4. The molecule has 2 N–H and O–H groups in total. The van der Waals surface area contributed by atoms with E-state index in [1.807, 2.05) is 6.92 Å². The van der Waals surface area contributed by atoms with Crippen molar-refractivity contribution in [3.8, 4) is 5.75 Å². The standard InChI is InChI=1S/C15H17ClN2O4S2/c1-3-11-5-7-15(23-11)24(20,21)17-9-14(19)18-12-8-10(16)4-6-13(12)22-2/h4-8,17H,3,9H2,1-2H3,(H,18,19). The molecule has 0 bridgehead atoms. The quantitative estimate of drug-likeness (QED) is 0.763. The Morgan fingerprint density at radius 1 is 1.29 bits per heavy atom. The lowest BCUT2D eigenvalue weighted by atomic mass is 10.3. The summed E-state index contributed by atoms with van der Waals surface area (Å²) in [6, 6.07) is 8.06.